The summed E-state index contributed by atoms with van der Waals surface area (Å²) >= 11 is 0. The van der Waals surface area contributed by atoms with Gasteiger partial charge in [-0.3, -0.25) is 4.90 Å². The molecule has 0 radical (unpaired) electrons. The molecule has 2 N–H and O–H groups in total. The van der Waals surface area contributed by atoms with Crippen LogP contribution in [0.1, 0.15) is 32.8 Å². The number of hydrogen-bond acceptors (Lipinski definition) is 5. The minimum Gasteiger partial charge on any atom is -0.338 e. The Labute approximate surface area is 122 Å². The molecule has 1 saturated heterocycles. The Kier molecular flexibility index (Phi) is 5.31. The minimum absolute atomic E-state index is 0.156. The van der Waals surface area contributed by atoms with E-state index in [1.807, 2.05) is 19.3 Å². The normalized spacial score (nSPS) is 19.9. The largest absolute Gasteiger partial charge is 0.338 e. The maximum absolute atomic E-state index is 5.79. The van der Waals surface area contributed by atoms with E-state index in [0.29, 0.717) is 6.04 Å². The average molecular weight is 277 g/mol. The van der Waals surface area contributed by atoms with Gasteiger partial charge >= 0.3 is 0 Å². The molecule has 2 heterocycles. The fraction of sp³-hybridized carbons (Fsp3) is 0.733. The molecule has 1 aliphatic rings. The van der Waals surface area contributed by atoms with E-state index in [9.17, 15) is 0 Å². The molecule has 1 aliphatic heterocycles. The van der Waals surface area contributed by atoms with Crippen LogP contribution in [0.15, 0.2) is 12.4 Å². The van der Waals surface area contributed by atoms with Crippen molar-refractivity contribution in [2.75, 3.05) is 31.1 Å². The van der Waals surface area contributed by atoms with E-state index in [-0.39, 0.29) is 6.04 Å². The Bertz CT molecular complexity index is 395. The third kappa shape index (κ3) is 3.90. The molecule has 0 aromatic carbocycles. The van der Waals surface area contributed by atoms with Crippen LogP contribution >= 0.6 is 0 Å². The van der Waals surface area contributed by atoms with Gasteiger partial charge in [0.25, 0.3) is 0 Å². The quantitative estimate of drug-likeness (QED) is 0.879. The van der Waals surface area contributed by atoms with Crippen LogP contribution in [0.4, 0.5) is 5.95 Å². The highest BCUT2D eigenvalue weighted by Crippen LogP contribution is 2.14. The lowest BCUT2D eigenvalue weighted by molar-refractivity contribution is 0.192. The number of piperazine rings is 1. The van der Waals surface area contributed by atoms with E-state index in [1.165, 1.54) is 6.42 Å². The molecule has 0 aliphatic carbocycles. The summed E-state index contributed by atoms with van der Waals surface area (Å²) in [5, 5.41) is 0. The fourth-order valence-electron chi connectivity index (χ4n) is 2.61. The molecule has 2 rings (SSSR count). The predicted octanol–water partition coefficient (Wildman–Crippen LogP) is 1.29. The van der Waals surface area contributed by atoms with Gasteiger partial charge in [-0.05, 0) is 32.3 Å². The van der Waals surface area contributed by atoms with E-state index >= 15 is 0 Å². The summed E-state index contributed by atoms with van der Waals surface area (Å²) in [6, 6.07) is 0.829. The summed E-state index contributed by atoms with van der Waals surface area (Å²) in [6.07, 6.45) is 5.87. The molecule has 0 amide bonds. The Morgan fingerprint density at radius 1 is 1.15 bits per heavy atom. The van der Waals surface area contributed by atoms with Crippen molar-refractivity contribution in [2.45, 2.75) is 45.7 Å². The van der Waals surface area contributed by atoms with Gasteiger partial charge in [-0.2, -0.15) is 0 Å². The smallest absolute Gasteiger partial charge is 0.225 e. The van der Waals surface area contributed by atoms with Crippen LogP contribution in [-0.2, 0) is 6.42 Å². The van der Waals surface area contributed by atoms with Crippen LogP contribution < -0.4 is 10.6 Å². The van der Waals surface area contributed by atoms with Crippen molar-refractivity contribution in [1.82, 2.24) is 14.9 Å². The highest BCUT2D eigenvalue weighted by atomic mass is 15.3. The van der Waals surface area contributed by atoms with Crippen LogP contribution in [-0.4, -0.2) is 53.1 Å². The highest BCUT2D eigenvalue weighted by molar-refractivity contribution is 5.30. The second kappa shape index (κ2) is 6.99. The maximum atomic E-state index is 5.79. The Morgan fingerprint density at radius 3 is 2.25 bits per heavy atom. The molecule has 20 heavy (non-hydrogen) atoms. The molecule has 5 heteroatoms. The molecule has 2 atom stereocenters. The molecule has 0 saturated carbocycles. The second-order valence-electron chi connectivity index (χ2n) is 5.85. The lowest BCUT2D eigenvalue weighted by Crippen LogP contribution is -2.49. The first kappa shape index (κ1) is 15.2. The third-order valence-corrected chi connectivity index (χ3v) is 4.06. The van der Waals surface area contributed by atoms with Gasteiger partial charge in [-0.15, -0.1) is 0 Å². The topological polar surface area (TPSA) is 58.3 Å². The molecule has 1 aromatic heterocycles. The van der Waals surface area contributed by atoms with Crippen LogP contribution in [0.3, 0.4) is 0 Å². The Morgan fingerprint density at radius 2 is 1.75 bits per heavy atom. The average Bonchev–Trinajstić information content (AvgIpc) is 2.47. The number of rotatable bonds is 5. The van der Waals surface area contributed by atoms with Crippen molar-refractivity contribution in [3.05, 3.63) is 18.0 Å². The van der Waals surface area contributed by atoms with Gasteiger partial charge in [0, 0.05) is 50.7 Å². The van der Waals surface area contributed by atoms with Crippen LogP contribution in [0.2, 0.25) is 0 Å². The predicted molar refractivity (Wildman–Crippen MR) is 82.9 cm³/mol. The molecule has 2 unspecified atom stereocenters. The standard InChI is InChI=1S/C15H27N5/c1-4-13(3)19-5-7-20(8-6-19)15-17-10-14(11-18-15)9-12(2)16/h10-13H,4-9,16H2,1-3H3. The van der Waals surface area contributed by atoms with Gasteiger partial charge in [0.2, 0.25) is 5.95 Å². The monoisotopic (exact) mass is 277 g/mol. The summed E-state index contributed by atoms with van der Waals surface area (Å²) in [5.41, 5.74) is 6.90. The molecular weight excluding hydrogens is 250 g/mol. The van der Waals surface area contributed by atoms with Gasteiger partial charge in [0.1, 0.15) is 0 Å². The zero-order valence-corrected chi connectivity index (χ0v) is 12.9. The summed E-state index contributed by atoms with van der Waals surface area (Å²) in [5.74, 6) is 0.849. The molecular formula is C15H27N5. The summed E-state index contributed by atoms with van der Waals surface area (Å²) < 4.78 is 0. The molecule has 5 nitrogen and oxygen atoms in total. The van der Waals surface area contributed by atoms with Crippen LogP contribution in [0.5, 0.6) is 0 Å². The van der Waals surface area contributed by atoms with Crippen molar-refractivity contribution in [3.63, 3.8) is 0 Å². The number of aromatic nitrogens is 2. The van der Waals surface area contributed by atoms with Gasteiger partial charge < -0.3 is 10.6 Å². The van der Waals surface area contributed by atoms with Gasteiger partial charge in [-0.1, -0.05) is 6.92 Å². The zero-order valence-electron chi connectivity index (χ0n) is 12.9. The first-order valence-corrected chi connectivity index (χ1v) is 7.65. The second-order valence-corrected chi connectivity index (χ2v) is 5.85. The number of nitrogens with zero attached hydrogens (tertiary/aromatic N) is 4. The zero-order chi connectivity index (χ0) is 14.5. The van der Waals surface area contributed by atoms with Gasteiger partial charge in [0.15, 0.2) is 0 Å². The third-order valence-electron chi connectivity index (χ3n) is 4.06. The van der Waals surface area contributed by atoms with Gasteiger partial charge in [0.05, 0.1) is 0 Å². The number of nitrogens with two attached hydrogens (primary N) is 1. The van der Waals surface area contributed by atoms with Gasteiger partial charge in [-0.25, -0.2) is 9.97 Å². The highest BCUT2D eigenvalue weighted by Gasteiger charge is 2.21. The molecule has 112 valence electrons. The van der Waals surface area contributed by atoms with E-state index < -0.39 is 0 Å². The van der Waals surface area contributed by atoms with Crippen LogP contribution in [0.25, 0.3) is 0 Å². The lowest BCUT2D eigenvalue weighted by atomic mass is 10.1. The number of hydrogen-bond donors (Lipinski definition) is 1. The first-order valence-electron chi connectivity index (χ1n) is 7.65. The molecule has 0 spiro atoms. The lowest BCUT2D eigenvalue weighted by Gasteiger charge is -2.37. The summed E-state index contributed by atoms with van der Waals surface area (Å²) in [7, 11) is 0. The van der Waals surface area contributed by atoms with Crippen molar-refractivity contribution in [1.29, 1.82) is 0 Å². The van der Waals surface area contributed by atoms with Crippen molar-refractivity contribution < 1.29 is 0 Å². The summed E-state index contributed by atoms with van der Waals surface area (Å²) in [4.78, 5) is 13.8. The Hall–Kier alpha value is -1.20. The number of anilines is 1. The molecule has 1 fully saturated rings. The minimum atomic E-state index is 0.156. The maximum Gasteiger partial charge on any atom is 0.225 e. The SMILES string of the molecule is CCC(C)N1CCN(c2ncc(CC(C)N)cn2)CC1. The van der Waals surface area contributed by atoms with E-state index in [0.717, 1.165) is 44.1 Å². The van der Waals surface area contributed by atoms with E-state index in [4.69, 9.17) is 5.73 Å². The summed E-state index contributed by atoms with van der Waals surface area (Å²) in [6.45, 7) is 10.8. The molecule has 1 aromatic rings. The van der Waals surface area contributed by atoms with Crippen molar-refractivity contribution >= 4 is 5.95 Å². The van der Waals surface area contributed by atoms with E-state index in [1.54, 1.807) is 0 Å². The van der Waals surface area contributed by atoms with Crippen molar-refractivity contribution in [3.8, 4) is 0 Å². The van der Waals surface area contributed by atoms with Crippen LogP contribution in [0, 0.1) is 0 Å². The molecule has 0 bridgehead atoms. The van der Waals surface area contributed by atoms with Crippen molar-refractivity contribution in [2.24, 2.45) is 5.73 Å². The first-order chi connectivity index (χ1) is 9.60. The van der Waals surface area contributed by atoms with E-state index in [2.05, 4.69) is 33.6 Å². The fourth-order valence-corrected chi connectivity index (χ4v) is 2.61. The Balaban J connectivity index is 1.90.